The maximum atomic E-state index is 15.2. The molecule has 1 saturated heterocycles. The minimum atomic E-state index is -0.404. The van der Waals surface area contributed by atoms with E-state index in [0.29, 0.717) is 34.0 Å². The summed E-state index contributed by atoms with van der Waals surface area (Å²) < 4.78 is 20.4. The molecule has 1 aromatic carbocycles. The van der Waals surface area contributed by atoms with Gasteiger partial charge >= 0.3 is 0 Å². The van der Waals surface area contributed by atoms with E-state index in [2.05, 4.69) is 25.1 Å². The molecule has 3 aromatic heterocycles. The molecule has 164 valence electrons. The number of rotatable bonds is 4. The van der Waals surface area contributed by atoms with Crippen LogP contribution in [0, 0.1) is 5.82 Å². The molecule has 1 aliphatic rings. The smallest absolute Gasteiger partial charge is 0.269 e. The number of fused-ring (bicyclic) bond motifs is 3. The molecule has 0 bridgehead atoms. The average Bonchev–Trinajstić information content (AvgIpc) is 3.32. The third kappa shape index (κ3) is 3.50. The van der Waals surface area contributed by atoms with Crippen LogP contribution >= 0.6 is 0 Å². The zero-order valence-electron chi connectivity index (χ0n) is 17.5. The number of aromatic nitrogens is 2. The Kier molecular flexibility index (Phi) is 5.10. The van der Waals surface area contributed by atoms with Gasteiger partial charge in [0.25, 0.3) is 11.5 Å². The van der Waals surface area contributed by atoms with E-state index in [1.165, 1.54) is 12.5 Å². The van der Waals surface area contributed by atoms with E-state index in [1.54, 1.807) is 25.4 Å². The van der Waals surface area contributed by atoms with Crippen LogP contribution in [0.3, 0.4) is 0 Å². The molecule has 0 atom stereocenters. The summed E-state index contributed by atoms with van der Waals surface area (Å²) >= 11 is 0. The van der Waals surface area contributed by atoms with Crippen molar-refractivity contribution >= 4 is 33.3 Å². The Morgan fingerprint density at radius 2 is 1.91 bits per heavy atom. The lowest BCUT2D eigenvalue weighted by molar-refractivity contribution is 0.0958. The fraction of sp³-hybridized carbons (Fsp3) is 0.261. The monoisotopic (exact) mass is 435 g/mol. The lowest BCUT2D eigenvalue weighted by Crippen LogP contribution is -2.46. The minimum absolute atomic E-state index is 0.210. The van der Waals surface area contributed by atoms with Crippen LogP contribution < -0.4 is 15.8 Å². The van der Waals surface area contributed by atoms with Crippen LogP contribution in [-0.4, -0.2) is 54.0 Å². The molecule has 0 saturated carbocycles. The number of benzene rings is 1. The van der Waals surface area contributed by atoms with Gasteiger partial charge in [0.15, 0.2) is 5.82 Å². The van der Waals surface area contributed by atoms with Crippen molar-refractivity contribution in [2.45, 2.75) is 6.54 Å². The summed E-state index contributed by atoms with van der Waals surface area (Å²) in [6.07, 6.45) is 4.55. The van der Waals surface area contributed by atoms with Gasteiger partial charge in [-0.05, 0) is 12.1 Å². The van der Waals surface area contributed by atoms with E-state index in [9.17, 15) is 9.59 Å². The Morgan fingerprint density at radius 1 is 1.12 bits per heavy atom. The number of carbonyl (C=O) groups is 1. The first kappa shape index (κ1) is 20.2. The summed E-state index contributed by atoms with van der Waals surface area (Å²) in [7, 11) is 1.57. The molecule has 0 spiro atoms. The highest BCUT2D eigenvalue weighted by atomic mass is 19.1. The third-order valence-corrected chi connectivity index (χ3v) is 6.00. The second-order valence-corrected chi connectivity index (χ2v) is 7.86. The Bertz CT molecular complexity index is 1350. The van der Waals surface area contributed by atoms with Crippen LogP contribution in [0.5, 0.6) is 0 Å². The van der Waals surface area contributed by atoms with Gasteiger partial charge in [-0.3, -0.25) is 14.5 Å². The number of furan rings is 1. The molecule has 0 radical (unpaired) electrons. The standard InChI is InChI=1S/C23H22FN5O3/c1-25-23(31)19-5-3-15(10-26-19)29-8-6-28(7-9-29)11-14-2-4-16-17-12-32-13-18(17)22(30)27-21(16)20(14)24/h2-5,10,12-13H,6-9,11H2,1H3,(H,25,31)(H,27,30). The number of amides is 1. The first-order chi connectivity index (χ1) is 15.5. The van der Waals surface area contributed by atoms with Gasteiger partial charge in [-0.1, -0.05) is 12.1 Å². The molecule has 2 N–H and O–H groups in total. The number of hydrogen-bond donors (Lipinski definition) is 2. The van der Waals surface area contributed by atoms with Gasteiger partial charge in [-0.2, -0.15) is 0 Å². The Labute approximate surface area is 182 Å². The minimum Gasteiger partial charge on any atom is -0.471 e. The third-order valence-electron chi connectivity index (χ3n) is 6.00. The number of pyridine rings is 2. The fourth-order valence-electron chi connectivity index (χ4n) is 4.19. The molecular formula is C23H22FN5O3. The van der Waals surface area contributed by atoms with Crippen LogP contribution in [0.15, 0.2) is 52.2 Å². The van der Waals surface area contributed by atoms with Crippen molar-refractivity contribution in [3.63, 3.8) is 0 Å². The highest BCUT2D eigenvalue weighted by molar-refractivity contribution is 6.05. The zero-order chi connectivity index (χ0) is 22.2. The van der Waals surface area contributed by atoms with E-state index in [0.717, 1.165) is 31.9 Å². The van der Waals surface area contributed by atoms with Crippen LogP contribution in [0.25, 0.3) is 21.7 Å². The van der Waals surface area contributed by atoms with Crippen molar-refractivity contribution in [3.8, 4) is 0 Å². The average molecular weight is 435 g/mol. The van der Waals surface area contributed by atoms with Gasteiger partial charge in [0, 0.05) is 56.1 Å². The van der Waals surface area contributed by atoms with E-state index >= 15 is 4.39 Å². The molecule has 1 aliphatic heterocycles. The van der Waals surface area contributed by atoms with Gasteiger partial charge < -0.3 is 19.6 Å². The summed E-state index contributed by atoms with van der Waals surface area (Å²) in [5.41, 5.74) is 1.73. The van der Waals surface area contributed by atoms with Gasteiger partial charge in [0.05, 0.1) is 29.1 Å². The number of aromatic amines is 1. The molecule has 4 heterocycles. The van der Waals surface area contributed by atoms with Crippen LogP contribution in [0.2, 0.25) is 0 Å². The molecule has 4 aromatic rings. The Balaban J connectivity index is 1.30. The Morgan fingerprint density at radius 3 is 2.62 bits per heavy atom. The largest absolute Gasteiger partial charge is 0.471 e. The molecule has 8 nitrogen and oxygen atoms in total. The molecule has 0 unspecified atom stereocenters. The van der Waals surface area contributed by atoms with E-state index in [4.69, 9.17) is 4.42 Å². The molecule has 1 amide bonds. The molecular weight excluding hydrogens is 413 g/mol. The molecule has 0 aliphatic carbocycles. The number of anilines is 1. The van der Waals surface area contributed by atoms with Crippen molar-refractivity contribution in [2.24, 2.45) is 0 Å². The summed E-state index contributed by atoms with van der Waals surface area (Å²) in [6, 6.07) is 7.21. The van der Waals surface area contributed by atoms with Crippen LogP contribution in [-0.2, 0) is 6.54 Å². The number of carbonyl (C=O) groups excluding carboxylic acids is 1. The van der Waals surface area contributed by atoms with E-state index in [1.807, 2.05) is 12.1 Å². The number of nitrogens with zero attached hydrogens (tertiary/aromatic N) is 3. The number of H-pyrrole nitrogens is 1. The fourth-order valence-corrected chi connectivity index (χ4v) is 4.19. The highest BCUT2D eigenvalue weighted by Gasteiger charge is 2.20. The van der Waals surface area contributed by atoms with Crippen molar-refractivity contribution in [1.29, 1.82) is 0 Å². The molecule has 5 rings (SSSR count). The predicted molar refractivity (Wildman–Crippen MR) is 119 cm³/mol. The van der Waals surface area contributed by atoms with Crippen molar-refractivity contribution in [3.05, 3.63) is 70.4 Å². The number of piperazine rings is 1. The normalized spacial score (nSPS) is 14.9. The van der Waals surface area contributed by atoms with Gasteiger partial charge in [-0.15, -0.1) is 0 Å². The summed E-state index contributed by atoms with van der Waals surface area (Å²) in [4.78, 5) is 35.1. The second-order valence-electron chi connectivity index (χ2n) is 7.86. The van der Waals surface area contributed by atoms with Gasteiger partial charge in [0.2, 0.25) is 0 Å². The number of nitrogens with one attached hydrogen (secondary N) is 2. The van der Waals surface area contributed by atoms with Crippen molar-refractivity contribution < 1.29 is 13.6 Å². The zero-order valence-corrected chi connectivity index (χ0v) is 17.5. The SMILES string of the molecule is CNC(=O)c1ccc(N2CCN(Cc3ccc4c([nH]c(=O)c5cocc54)c3F)CC2)cn1. The Hall–Kier alpha value is -3.72. The van der Waals surface area contributed by atoms with E-state index in [-0.39, 0.29) is 17.0 Å². The maximum absolute atomic E-state index is 15.2. The molecule has 1 fully saturated rings. The summed E-state index contributed by atoms with van der Waals surface area (Å²) in [5.74, 6) is -0.618. The van der Waals surface area contributed by atoms with E-state index < -0.39 is 5.82 Å². The maximum Gasteiger partial charge on any atom is 0.269 e. The van der Waals surface area contributed by atoms with Gasteiger partial charge in [-0.25, -0.2) is 9.37 Å². The van der Waals surface area contributed by atoms with Crippen LogP contribution in [0.1, 0.15) is 16.1 Å². The lowest BCUT2D eigenvalue weighted by atomic mass is 10.1. The summed E-state index contributed by atoms with van der Waals surface area (Å²) in [5, 5.41) is 4.22. The summed E-state index contributed by atoms with van der Waals surface area (Å²) in [6.45, 7) is 3.50. The number of hydrogen-bond acceptors (Lipinski definition) is 6. The van der Waals surface area contributed by atoms with Gasteiger partial charge in [0.1, 0.15) is 12.0 Å². The van der Waals surface area contributed by atoms with Crippen molar-refractivity contribution in [2.75, 3.05) is 38.1 Å². The number of halogens is 1. The second kappa shape index (κ2) is 8.08. The van der Waals surface area contributed by atoms with Crippen molar-refractivity contribution in [1.82, 2.24) is 20.2 Å². The molecule has 32 heavy (non-hydrogen) atoms. The lowest BCUT2D eigenvalue weighted by Gasteiger charge is -2.36. The van der Waals surface area contributed by atoms with Crippen LogP contribution in [0.4, 0.5) is 10.1 Å². The molecule has 9 heteroatoms. The first-order valence-corrected chi connectivity index (χ1v) is 10.4. The first-order valence-electron chi connectivity index (χ1n) is 10.4. The quantitative estimate of drug-likeness (QED) is 0.512. The topological polar surface area (TPSA) is 94.5 Å². The predicted octanol–water partition coefficient (Wildman–Crippen LogP) is 2.49. The highest BCUT2D eigenvalue weighted by Crippen LogP contribution is 2.26.